The van der Waals surface area contributed by atoms with Crippen LogP contribution in [0.15, 0.2) is 0 Å². The number of aliphatic carboxylic acids is 2. The number of carboxylic acid groups (broad SMARTS) is 2. The van der Waals surface area contributed by atoms with E-state index in [1.54, 1.807) is 0 Å². The Hall–Kier alpha value is -1.06. The van der Waals surface area contributed by atoms with Crippen LogP contribution in [0.5, 0.6) is 0 Å². The van der Waals surface area contributed by atoms with E-state index in [9.17, 15) is 9.59 Å². The smallest absolute Gasteiger partial charge is 0.303 e. The van der Waals surface area contributed by atoms with E-state index in [4.69, 9.17) is 10.2 Å². The minimum atomic E-state index is -0.659. The molecule has 0 spiro atoms. The van der Waals surface area contributed by atoms with E-state index in [2.05, 4.69) is 27.7 Å². The molecule has 0 atom stereocenters. The van der Waals surface area contributed by atoms with Crippen molar-refractivity contribution in [3.63, 3.8) is 0 Å². The van der Waals surface area contributed by atoms with Crippen LogP contribution in [0.4, 0.5) is 0 Å². The summed E-state index contributed by atoms with van der Waals surface area (Å²) < 4.78 is 0. The Morgan fingerprint density at radius 3 is 0.735 bits per heavy atom. The van der Waals surface area contributed by atoms with Crippen molar-refractivity contribution in [2.24, 2.45) is 0 Å². The molecule has 4 heteroatoms. The fourth-order valence-corrected chi connectivity index (χ4v) is 3.67. The third-order valence-corrected chi connectivity index (χ3v) is 5.95. The molecule has 0 saturated heterocycles. The van der Waals surface area contributed by atoms with Gasteiger partial charge in [0.25, 0.3) is 0 Å². The molecule has 0 rings (SSSR count). The molecule has 0 unspecified atom stereocenters. The largest absolute Gasteiger partial charge is 0.481 e. The highest BCUT2D eigenvalue weighted by Crippen LogP contribution is 2.11. The van der Waals surface area contributed by atoms with Gasteiger partial charge in [0.1, 0.15) is 0 Å². The first-order valence-corrected chi connectivity index (χ1v) is 14.9. The van der Waals surface area contributed by atoms with Gasteiger partial charge in [0.15, 0.2) is 0 Å². The molecule has 0 saturated carbocycles. The molecular formula is C30H62O4. The van der Waals surface area contributed by atoms with Crippen LogP contribution in [0.2, 0.25) is 0 Å². The lowest BCUT2D eigenvalue weighted by atomic mass is 10.1. The SMILES string of the molecule is CCCCCC.CCCCCCCCCCCC(=O)O.CCCCCCCCCCCC(=O)O. The van der Waals surface area contributed by atoms with Gasteiger partial charge in [-0.05, 0) is 12.8 Å². The van der Waals surface area contributed by atoms with Crippen molar-refractivity contribution in [1.82, 2.24) is 0 Å². The van der Waals surface area contributed by atoms with Crippen LogP contribution in [0.25, 0.3) is 0 Å². The zero-order valence-electron chi connectivity index (χ0n) is 23.7. The number of carbonyl (C=O) groups is 2. The summed E-state index contributed by atoms with van der Waals surface area (Å²) >= 11 is 0. The quantitative estimate of drug-likeness (QED) is 0.141. The van der Waals surface area contributed by atoms with Crippen LogP contribution in [-0.2, 0) is 9.59 Å². The summed E-state index contributed by atoms with van der Waals surface area (Å²) in [7, 11) is 0. The number of carboxylic acids is 2. The number of hydrogen-bond donors (Lipinski definition) is 2. The first-order valence-electron chi connectivity index (χ1n) is 14.9. The first kappa shape index (κ1) is 37.5. The Balaban J connectivity index is -0.000000458. The summed E-state index contributed by atoms with van der Waals surface area (Å²) in [6.07, 6.45) is 28.5. The number of unbranched alkanes of at least 4 members (excludes halogenated alkanes) is 19. The molecule has 0 heterocycles. The second kappa shape index (κ2) is 36.5. The number of hydrogen-bond acceptors (Lipinski definition) is 2. The number of rotatable bonds is 23. The summed E-state index contributed by atoms with van der Waals surface area (Å²) in [5.41, 5.74) is 0. The monoisotopic (exact) mass is 486 g/mol. The Kier molecular flexibility index (Phi) is 40.3. The normalized spacial score (nSPS) is 10.1. The van der Waals surface area contributed by atoms with Crippen molar-refractivity contribution in [2.75, 3.05) is 0 Å². The highest BCUT2D eigenvalue weighted by atomic mass is 16.4. The van der Waals surface area contributed by atoms with Crippen LogP contribution in [0.1, 0.15) is 182 Å². The highest BCUT2D eigenvalue weighted by molar-refractivity contribution is 5.66. The lowest BCUT2D eigenvalue weighted by Gasteiger charge is -2.00. The topological polar surface area (TPSA) is 74.6 Å². The maximum atomic E-state index is 10.2. The molecule has 4 nitrogen and oxygen atoms in total. The summed E-state index contributed by atoms with van der Waals surface area (Å²) in [6.45, 7) is 8.92. The molecule has 0 aromatic carbocycles. The Morgan fingerprint density at radius 2 is 0.529 bits per heavy atom. The second-order valence-electron chi connectivity index (χ2n) is 9.65. The molecule has 206 valence electrons. The van der Waals surface area contributed by atoms with Crippen LogP contribution in [-0.4, -0.2) is 22.2 Å². The van der Waals surface area contributed by atoms with E-state index in [0.29, 0.717) is 12.8 Å². The zero-order chi connectivity index (χ0) is 26.1. The van der Waals surface area contributed by atoms with Gasteiger partial charge < -0.3 is 10.2 Å². The molecule has 0 bridgehead atoms. The van der Waals surface area contributed by atoms with E-state index in [-0.39, 0.29) is 0 Å². The van der Waals surface area contributed by atoms with Gasteiger partial charge in [-0.1, -0.05) is 156 Å². The molecule has 0 aromatic rings. The summed E-state index contributed by atoms with van der Waals surface area (Å²) in [6, 6.07) is 0. The Labute approximate surface area is 213 Å². The highest BCUT2D eigenvalue weighted by Gasteiger charge is 1.97. The predicted octanol–water partition coefficient (Wildman–Crippen LogP) is 10.6. The molecule has 0 aliphatic carbocycles. The average molecular weight is 487 g/mol. The fraction of sp³-hybridized carbons (Fsp3) is 0.933. The van der Waals surface area contributed by atoms with Gasteiger partial charge in [-0.3, -0.25) is 9.59 Å². The van der Waals surface area contributed by atoms with Crippen molar-refractivity contribution in [1.29, 1.82) is 0 Å². The van der Waals surface area contributed by atoms with Crippen LogP contribution in [0, 0.1) is 0 Å². The molecule has 0 aliphatic heterocycles. The van der Waals surface area contributed by atoms with Gasteiger partial charge in [-0.2, -0.15) is 0 Å². The van der Waals surface area contributed by atoms with E-state index < -0.39 is 11.9 Å². The third kappa shape index (κ3) is 48.4. The van der Waals surface area contributed by atoms with Crippen LogP contribution >= 0.6 is 0 Å². The van der Waals surface area contributed by atoms with Crippen molar-refractivity contribution >= 4 is 11.9 Å². The average Bonchev–Trinajstić information content (AvgIpc) is 2.81. The molecule has 0 aromatic heterocycles. The standard InChI is InChI=1S/2C12H24O2.C6H14/c2*1-2-3-4-5-6-7-8-9-10-11-12(13)14;1-3-5-6-4-2/h2*2-11H2,1H3,(H,13,14);3-6H2,1-2H3. The van der Waals surface area contributed by atoms with Gasteiger partial charge in [-0.15, -0.1) is 0 Å². The molecule has 0 amide bonds. The molecular weight excluding hydrogens is 424 g/mol. The second-order valence-corrected chi connectivity index (χ2v) is 9.65. The molecule has 0 radical (unpaired) electrons. The van der Waals surface area contributed by atoms with E-state index in [0.717, 1.165) is 25.7 Å². The predicted molar refractivity (Wildman–Crippen MR) is 149 cm³/mol. The lowest BCUT2D eigenvalue weighted by molar-refractivity contribution is -0.138. The van der Waals surface area contributed by atoms with Gasteiger partial charge in [-0.25, -0.2) is 0 Å². The minimum Gasteiger partial charge on any atom is -0.481 e. The summed E-state index contributed by atoms with van der Waals surface area (Å²) in [5, 5.41) is 16.8. The Morgan fingerprint density at radius 1 is 0.353 bits per heavy atom. The fourth-order valence-electron chi connectivity index (χ4n) is 3.67. The van der Waals surface area contributed by atoms with Crippen LogP contribution < -0.4 is 0 Å². The molecule has 0 fully saturated rings. The van der Waals surface area contributed by atoms with Gasteiger partial charge in [0.05, 0.1) is 0 Å². The molecule has 0 aliphatic rings. The maximum absolute atomic E-state index is 10.2. The third-order valence-electron chi connectivity index (χ3n) is 5.95. The Bertz CT molecular complexity index is 346. The zero-order valence-corrected chi connectivity index (χ0v) is 23.7. The van der Waals surface area contributed by atoms with Gasteiger partial charge in [0, 0.05) is 12.8 Å². The molecule has 34 heavy (non-hydrogen) atoms. The summed E-state index contributed by atoms with van der Waals surface area (Å²) in [4.78, 5) is 20.4. The first-order chi connectivity index (χ1) is 16.5. The summed E-state index contributed by atoms with van der Waals surface area (Å²) in [5.74, 6) is -1.32. The molecule has 2 N–H and O–H groups in total. The van der Waals surface area contributed by atoms with Crippen molar-refractivity contribution < 1.29 is 19.8 Å². The van der Waals surface area contributed by atoms with Crippen molar-refractivity contribution in [2.45, 2.75) is 182 Å². The van der Waals surface area contributed by atoms with E-state index in [1.807, 2.05) is 0 Å². The van der Waals surface area contributed by atoms with E-state index in [1.165, 1.54) is 116 Å². The van der Waals surface area contributed by atoms with Gasteiger partial charge >= 0.3 is 11.9 Å². The van der Waals surface area contributed by atoms with Gasteiger partial charge in [0.2, 0.25) is 0 Å². The lowest BCUT2D eigenvalue weighted by Crippen LogP contribution is -1.93. The van der Waals surface area contributed by atoms with Crippen molar-refractivity contribution in [3.8, 4) is 0 Å². The van der Waals surface area contributed by atoms with Crippen molar-refractivity contribution in [3.05, 3.63) is 0 Å². The van der Waals surface area contributed by atoms with E-state index >= 15 is 0 Å². The maximum Gasteiger partial charge on any atom is 0.303 e. The minimum absolute atomic E-state index is 0.343. The van der Waals surface area contributed by atoms with Crippen LogP contribution in [0.3, 0.4) is 0 Å².